The maximum absolute atomic E-state index is 6.43. The molecule has 1 aromatic rings. The minimum absolute atomic E-state index is 0.176. The minimum atomic E-state index is -0.750. The summed E-state index contributed by atoms with van der Waals surface area (Å²) in [6, 6.07) is 7.87. The van der Waals surface area contributed by atoms with Crippen LogP contribution in [-0.2, 0) is 19.2 Å². The third kappa shape index (κ3) is 2.79. The monoisotopic (exact) mass is 438 g/mol. The Morgan fingerprint density at radius 2 is 1.81 bits per heavy atom. The summed E-state index contributed by atoms with van der Waals surface area (Å²) in [4.78, 5) is 12.0. The average Bonchev–Trinajstić information content (AvgIpc) is 2.87. The van der Waals surface area contributed by atoms with Gasteiger partial charge < -0.3 is 14.2 Å². The van der Waals surface area contributed by atoms with Crippen LogP contribution in [0.25, 0.3) is 0 Å². The molecule has 1 saturated carbocycles. The molecule has 0 unspecified atom stereocenters. The maximum Gasteiger partial charge on any atom is 0.205 e. The molecule has 148 valence electrons. The molecule has 4 aliphatic heterocycles. The summed E-state index contributed by atoms with van der Waals surface area (Å²) in [5.41, 5.74) is -0.535. The van der Waals surface area contributed by atoms with Crippen molar-refractivity contribution in [1.29, 1.82) is 0 Å². The summed E-state index contributed by atoms with van der Waals surface area (Å²) in [6.45, 7) is 6.48. The van der Waals surface area contributed by atoms with Crippen molar-refractivity contribution in [3.05, 3.63) is 28.7 Å². The van der Waals surface area contributed by atoms with Crippen molar-refractivity contribution in [2.45, 2.75) is 70.4 Å². The van der Waals surface area contributed by atoms with Gasteiger partial charge in [-0.25, -0.2) is 9.78 Å². The molecule has 0 amide bonds. The molecular formula is C21H27BrO5. The predicted octanol–water partition coefficient (Wildman–Crippen LogP) is 5.04. The Labute approximate surface area is 168 Å². The Morgan fingerprint density at radius 3 is 2.59 bits per heavy atom. The van der Waals surface area contributed by atoms with Crippen LogP contribution in [0.3, 0.4) is 0 Å². The van der Waals surface area contributed by atoms with Crippen molar-refractivity contribution in [1.82, 2.24) is 0 Å². The van der Waals surface area contributed by atoms with Gasteiger partial charge in [-0.15, -0.1) is 0 Å². The predicted molar refractivity (Wildman–Crippen MR) is 102 cm³/mol. The maximum atomic E-state index is 6.43. The lowest BCUT2D eigenvalue weighted by Crippen LogP contribution is -2.70. The van der Waals surface area contributed by atoms with E-state index in [1.54, 1.807) is 0 Å². The summed E-state index contributed by atoms with van der Waals surface area (Å²) in [5.74, 6) is 1.45. The molecule has 0 aromatic heterocycles. The van der Waals surface area contributed by atoms with Crippen LogP contribution in [0.2, 0.25) is 0 Å². The van der Waals surface area contributed by atoms with Crippen LogP contribution in [0.15, 0.2) is 28.7 Å². The van der Waals surface area contributed by atoms with Gasteiger partial charge in [-0.3, -0.25) is 0 Å². The van der Waals surface area contributed by atoms with E-state index in [0.29, 0.717) is 11.8 Å². The van der Waals surface area contributed by atoms with Crippen LogP contribution in [0.5, 0.6) is 5.75 Å². The van der Waals surface area contributed by atoms with E-state index in [4.69, 9.17) is 24.0 Å². The number of halogens is 1. The van der Waals surface area contributed by atoms with Crippen molar-refractivity contribution >= 4 is 15.9 Å². The lowest BCUT2D eigenvalue weighted by Gasteiger charge is -2.60. The minimum Gasteiger partial charge on any atom is -0.465 e. The van der Waals surface area contributed by atoms with Crippen LogP contribution in [0.4, 0.5) is 0 Å². The Kier molecular flexibility index (Phi) is 4.37. The van der Waals surface area contributed by atoms with Gasteiger partial charge in [0, 0.05) is 22.7 Å². The first-order chi connectivity index (χ1) is 12.9. The van der Waals surface area contributed by atoms with E-state index < -0.39 is 17.7 Å². The number of rotatable bonds is 2. The van der Waals surface area contributed by atoms with E-state index in [9.17, 15) is 0 Å². The highest BCUT2D eigenvalue weighted by Gasteiger charge is 2.69. The lowest BCUT2D eigenvalue weighted by molar-refractivity contribution is -0.575. The largest absolute Gasteiger partial charge is 0.465 e. The van der Waals surface area contributed by atoms with Crippen molar-refractivity contribution in [2.75, 3.05) is 0 Å². The van der Waals surface area contributed by atoms with E-state index in [1.807, 2.05) is 31.2 Å². The van der Waals surface area contributed by atoms with Crippen molar-refractivity contribution in [3.8, 4) is 5.75 Å². The van der Waals surface area contributed by atoms with Gasteiger partial charge in [0.1, 0.15) is 5.75 Å². The van der Waals surface area contributed by atoms with Gasteiger partial charge in [-0.2, -0.15) is 0 Å². The van der Waals surface area contributed by atoms with E-state index in [1.165, 1.54) is 6.42 Å². The van der Waals surface area contributed by atoms with Gasteiger partial charge in [-0.1, -0.05) is 29.8 Å². The number of benzene rings is 1. The van der Waals surface area contributed by atoms with E-state index in [2.05, 4.69) is 29.8 Å². The molecule has 2 bridgehead atoms. The molecule has 5 aliphatic rings. The Balaban J connectivity index is 1.48. The van der Waals surface area contributed by atoms with E-state index >= 15 is 0 Å². The Bertz CT molecular complexity index is 711. The standard InChI is InChI=1S/C21H27BrO5/c1-12-4-9-17-13(2)18(23-15-7-5-14(22)6-8-15)24-19-21(17)16(12)10-11-20(3,25-19)26-27-21/h5-8,12-13,16-19H,4,9-11H2,1-3H3/t12-,13-,16+,17+,18+,19-,20-,21-/m1/s1. The molecule has 6 rings (SSSR count). The zero-order chi connectivity index (χ0) is 18.8. The molecule has 1 aliphatic carbocycles. The smallest absolute Gasteiger partial charge is 0.205 e. The summed E-state index contributed by atoms with van der Waals surface area (Å²) in [5, 5.41) is 0. The van der Waals surface area contributed by atoms with Crippen LogP contribution >= 0.6 is 15.9 Å². The van der Waals surface area contributed by atoms with Gasteiger partial charge in [-0.05, 0) is 62.3 Å². The topological polar surface area (TPSA) is 46.2 Å². The van der Waals surface area contributed by atoms with Gasteiger partial charge in [0.15, 0.2) is 11.9 Å². The quantitative estimate of drug-likeness (QED) is 0.605. The van der Waals surface area contributed by atoms with Crippen molar-refractivity contribution < 1.29 is 24.0 Å². The summed E-state index contributed by atoms with van der Waals surface area (Å²) in [7, 11) is 0. The first-order valence-corrected chi connectivity index (χ1v) is 10.8. The molecule has 1 spiro atoms. The Hall–Kier alpha value is -0.660. The molecule has 6 heteroatoms. The van der Waals surface area contributed by atoms with Gasteiger partial charge in [0.05, 0.1) is 0 Å². The third-order valence-corrected chi connectivity index (χ3v) is 7.69. The molecule has 5 fully saturated rings. The molecule has 0 radical (unpaired) electrons. The number of ether oxygens (including phenoxy) is 3. The number of fused-ring (bicyclic) bond motifs is 2. The number of hydrogen-bond acceptors (Lipinski definition) is 5. The molecule has 8 atom stereocenters. The van der Waals surface area contributed by atoms with E-state index in [-0.39, 0.29) is 18.1 Å². The molecule has 1 aromatic carbocycles. The summed E-state index contributed by atoms with van der Waals surface area (Å²) >= 11 is 3.47. The highest BCUT2D eigenvalue weighted by molar-refractivity contribution is 9.10. The highest BCUT2D eigenvalue weighted by atomic mass is 79.9. The van der Waals surface area contributed by atoms with Gasteiger partial charge in [0.2, 0.25) is 12.1 Å². The molecular weight excluding hydrogens is 412 g/mol. The fraction of sp³-hybridized carbons (Fsp3) is 0.714. The summed E-state index contributed by atoms with van der Waals surface area (Å²) < 4.78 is 20.1. The van der Waals surface area contributed by atoms with Crippen LogP contribution in [-0.4, -0.2) is 24.0 Å². The second kappa shape index (κ2) is 6.42. The molecule has 0 N–H and O–H groups in total. The van der Waals surface area contributed by atoms with Crippen LogP contribution in [0.1, 0.15) is 46.5 Å². The summed E-state index contributed by atoms with van der Waals surface area (Å²) in [6.07, 6.45) is 3.30. The van der Waals surface area contributed by atoms with Gasteiger partial charge in [0.25, 0.3) is 0 Å². The SMILES string of the molecule is C[C@H]1[C@@H](Oc2ccc(Br)cc2)O[C@@H]2O[C@@]3(C)CC[C@H]4[C@H](C)CC[C@@H]1[C@@]24OO3. The van der Waals surface area contributed by atoms with Crippen molar-refractivity contribution in [3.63, 3.8) is 0 Å². The second-order valence-electron chi connectivity index (χ2n) is 8.85. The van der Waals surface area contributed by atoms with Crippen LogP contribution < -0.4 is 4.74 Å². The molecule has 27 heavy (non-hydrogen) atoms. The van der Waals surface area contributed by atoms with Crippen molar-refractivity contribution in [2.24, 2.45) is 23.7 Å². The van der Waals surface area contributed by atoms with E-state index in [0.717, 1.165) is 29.5 Å². The Morgan fingerprint density at radius 1 is 1.04 bits per heavy atom. The second-order valence-corrected chi connectivity index (χ2v) is 9.76. The highest BCUT2D eigenvalue weighted by Crippen LogP contribution is 2.60. The zero-order valence-electron chi connectivity index (χ0n) is 16.0. The fourth-order valence-corrected chi connectivity index (χ4v) is 5.92. The molecule has 4 heterocycles. The third-order valence-electron chi connectivity index (χ3n) is 7.16. The molecule has 5 nitrogen and oxygen atoms in total. The zero-order valence-corrected chi connectivity index (χ0v) is 17.6. The molecule has 4 saturated heterocycles. The number of hydrogen-bond donors (Lipinski definition) is 0. The van der Waals surface area contributed by atoms with Gasteiger partial charge >= 0.3 is 0 Å². The normalized spacial score (nSPS) is 48.6. The lowest BCUT2D eigenvalue weighted by atomic mass is 9.58. The first kappa shape index (κ1) is 18.4. The van der Waals surface area contributed by atoms with Crippen LogP contribution in [0, 0.1) is 23.7 Å². The fourth-order valence-electron chi connectivity index (χ4n) is 5.65. The average molecular weight is 439 g/mol. The first-order valence-electron chi connectivity index (χ1n) is 10.0.